The second-order valence-corrected chi connectivity index (χ2v) is 6.26. The van der Waals surface area contributed by atoms with Gasteiger partial charge in [-0.1, -0.05) is 18.2 Å². The summed E-state index contributed by atoms with van der Waals surface area (Å²) in [6, 6.07) is 19.1. The zero-order valence-corrected chi connectivity index (χ0v) is 14.0. The average molecular weight is 342 g/mol. The second kappa shape index (κ2) is 7.33. The van der Waals surface area contributed by atoms with Crippen molar-refractivity contribution in [1.29, 1.82) is 0 Å². The third kappa shape index (κ3) is 4.04. The Balaban J connectivity index is 1.96. The standard InChI is InChI=1S/C18H18N2O3S/c1-13-7-9-17(20-13)16-11-14(19-12-24(21)22)8-10-18(16)23-15-5-3-2-4-6-15/h2-11,19-20H,12H2,1H3,(H,21,22). The predicted octanol–water partition coefficient (Wildman–Crippen LogP) is 4.37. The van der Waals surface area contributed by atoms with Gasteiger partial charge >= 0.3 is 0 Å². The second-order valence-electron chi connectivity index (χ2n) is 5.32. The summed E-state index contributed by atoms with van der Waals surface area (Å²) < 4.78 is 25.8. The first-order valence-electron chi connectivity index (χ1n) is 7.46. The summed E-state index contributed by atoms with van der Waals surface area (Å²) in [6.45, 7) is 1.98. The number of aromatic amines is 1. The molecule has 0 spiro atoms. The molecule has 3 rings (SSSR count). The number of ether oxygens (including phenoxy) is 1. The van der Waals surface area contributed by atoms with Crippen LogP contribution in [0.3, 0.4) is 0 Å². The highest BCUT2D eigenvalue weighted by molar-refractivity contribution is 7.79. The van der Waals surface area contributed by atoms with Crippen LogP contribution in [0.2, 0.25) is 0 Å². The van der Waals surface area contributed by atoms with Crippen molar-refractivity contribution < 1.29 is 13.5 Å². The third-order valence-electron chi connectivity index (χ3n) is 3.47. The number of H-pyrrole nitrogens is 1. The SMILES string of the molecule is Cc1ccc(-c2cc(NCS(=O)O)ccc2Oc2ccccc2)[nH]1. The topological polar surface area (TPSA) is 74.3 Å². The van der Waals surface area contributed by atoms with Gasteiger partial charge in [0.1, 0.15) is 17.4 Å². The van der Waals surface area contributed by atoms with E-state index in [0.29, 0.717) is 5.75 Å². The van der Waals surface area contributed by atoms with Crippen LogP contribution < -0.4 is 10.1 Å². The molecular formula is C18H18N2O3S. The smallest absolute Gasteiger partial charge is 0.172 e. The Labute approximate surface area is 143 Å². The molecule has 6 heteroatoms. The van der Waals surface area contributed by atoms with Crippen LogP contribution in [-0.4, -0.2) is 19.6 Å². The van der Waals surface area contributed by atoms with E-state index >= 15 is 0 Å². The molecule has 0 aliphatic heterocycles. The number of hydrogen-bond donors (Lipinski definition) is 3. The molecule has 1 aromatic heterocycles. The molecule has 0 aliphatic rings. The highest BCUT2D eigenvalue weighted by Crippen LogP contribution is 2.35. The molecule has 3 N–H and O–H groups in total. The van der Waals surface area contributed by atoms with Gasteiger partial charge in [-0.15, -0.1) is 0 Å². The minimum Gasteiger partial charge on any atom is -0.457 e. The molecular weight excluding hydrogens is 324 g/mol. The van der Waals surface area contributed by atoms with E-state index in [1.165, 1.54) is 0 Å². The van der Waals surface area contributed by atoms with Crippen molar-refractivity contribution in [2.75, 3.05) is 11.2 Å². The van der Waals surface area contributed by atoms with Gasteiger partial charge in [0.2, 0.25) is 0 Å². The van der Waals surface area contributed by atoms with Crippen LogP contribution in [0, 0.1) is 6.92 Å². The zero-order valence-electron chi connectivity index (χ0n) is 13.2. The maximum absolute atomic E-state index is 10.9. The Morgan fingerprint density at radius 2 is 1.92 bits per heavy atom. The molecule has 0 bridgehead atoms. The van der Waals surface area contributed by atoms with Crippen LogP contribution in [0.5, 0.6) is 11.5 Å². The summed E-state index contributed by atoms with van der Waals surface area (Å²) in [7, 11) is 0. The lowest BCUT2D eigenvalue weighted by Crippen LogP contribution is -2.07. The van der Waals surface area contributed by atoms with Crippen LogP contribution in [0.25, 0.3) is 11.3 Å². The summed E-state index contributed by atoms with van der Waals surface area (Å²) in [5, 5.41) is 2.93. The molecule has 0 radical (unpaired) electrons. The van der Waals surface area contributed by atoms with E-state index in [1.54, 1.807) is 0 Å². The maximum Gasteiger partial charge on any atom is 0.172 e. The van der Waals surface area contributed by atoms with Crippen LogP contribution in [-0.2, 0) is 11.1 Å². The summed E-state index contributed by atoms with van der Waals surface area (Å²) in [5.41, 5.74) is 3.60. The first kappa shape index (κ1) is 16.3. The lowest BCUT2D eigenvalue weighted by atomic mass is 10.1. The predicted molar refractivity (Wildman–Crippen MR) is 96.7 cm³/mol. The molecule has 1 heterocycles. The quantitative estimate of drug-likeness (QED) is 0.581. The molecule has 0 saturated carbocycles. The van der Waals surface area contributed by atoms with Gasteiger partial charge in [-0.05, 0) is 49.4 Å². The summed E-state index contributed by atoms with van der Waals surface area (Å²) in [4.78, 5) is 3.29. The highest BCUT2D eigenvalue weighted by atomic mass is 32.2. The van der Waals surface area contributed by atoms with Gasteiger partial charge in [0.05, 0.1) is 0 Å². The Morgan fingerprint density at radius 3 is 2.58 bits per heavy atom. The van der Waals surface area contributed by atoms with Crippen molar-refractivity contribution in [2.24, 2.45) is 0 Å². The van der Waals surface area contributed by atoms with E-state index in [-0.39, 0.29) is 5.88 Å². The number of hydrogen-bond acceptors (Lipinski definition) is 3. The van der Waals surface area contributed by atoms with Crippen molar-refractivity contribution in [1.82, 2.24) is 4.98 Å². The number of aryl methyl sites for hydroxylation is 1. The summed E-state index contributed by atoms with van der Waals surface area (Å²) >= 11 is -1.90. The number of anilines is 1. The first-order chi connectivity index (χ1) is 11.6. The molecule has 5 nitrogen and oxygen atoms in total. The van der Waals surface area contributed by atoms with Crippen LogP contribution in [0.1, 0.15) is 5.69 Å². The molecule has 0 aliphatic carbocycles. The lowest BCUT2D eigenvalue weighted by molar-refractivity contribution is 0.484. The zero-order chi connectivity index (χ0) is 16.9. The Bertz CT molecular complexity index is 846. The summed E-state index contributed by atoms with van der Waals surface area (Å²) in [6.07, 6.45) is 0. The fraction of sp³-hybridized carbons (Fsp3) is 0.111. The largest absolute Gasteiger partial charge is 0.457 e. The number of rotatable bonds is 6. The molecule has 0 saturated heterocycles. The molecule has 2 aromatic carbocycles. The highest BCUT2D eigenvalue weighted by Gasteiger charge is 2.11. The molecule has 0 amide bonds. The van der Waals surface area contributed by atoms with E-state index in [0.717, 1.165) is 28.4 Å². The molecule has 1 unspecified atom stereocenters. The van der Waals surface area contributed by atoms with Gasteiger partial charge in [0, 0.05) is 22.6 Å². The summed E-state index contributed by atoms with van der Waals surface area (Å²) in [5.74, 6) is 1.43. The van der Waals surface area contributed by atoms with Gasteiger partial charge in [-0.25, -0.2) is 4.21 Å². The van der Waals surface area contributed by atoms with Gasteiger partial charge in [0.25, 0.3) is 0 Å². The normalized spacial score (nSPS) is 11.9. The van der Waals surface area contributed by atoms with Crippen LogP contribution in [0.15, 0.2) is 60.7 Å². The fourth-order valence-electron chi connectivity index (χ4n) is 2.36. The molecule has 124 valence electrons. The minimum absolute atomic E-state index is 0.0257. The van der Waals surface area contributed by atoms with E-state index in [1.807, 2.05) is 67.6 Å². The number of benzene rings is 2. The van der Waals surface area contributed by atoms with Gasteiger partial charge in [-0.2, -0.15) is 0 Å². The average Bonchev–Trinajstić information content (AvgIpc) is 3.01. The number of para-hydroxylation sites is 1. The Hall–Kier alpha value is -2.57. The minimum atomic E-state index is -1.90. The number of nitrogens with one attached hydrogen (secondary N) is 2. The maximum atomic E-state index is 10.9. The lowest BCUT2D eigenvalue weighted by Gasteiger charge is -2.13. The molecule has 0 fully saturated rings. The van der Waals surface area contributed by atoms with Gasteiger partial charge in [-0.3, -0.25) is 0 Å². The third-order valence-corrected chi connectivity index (χ3v) is 3.86. The van der Waals surface area contributed by atoms with Crippen LogP contribution >= 0.6 is 0 Å². The fourth-order valence-corrected chi connectivity index (χ4v) is 2.65. The Morgan fingerprint density at radius 1 is 1.12 bits per heavy atom. The molecule has 24 heavy (non-hydrogen) atoms. The van der Waals surface area contributed by atoms with E-state index in [4.69, 9.17) is 9.29 Å². The first-order valence-corrected chi connectivity index (χ1v) is 8.73. The van der Waals surface area contributed by atoms with Crippen molar-refractivity contribution in [3.8, 4) is 22.8 Å². The van der Waals surface area contributed by atoms with E-state index in [9.17, 15) is 4.21 Å². The molecule has 3 aromatic rings. The van der Waals surface area contributed by atoms with Crippen LogP contribution in [0.4, 0.5) is 5.69 Å². The Kier molecular flexibility index (Phi) is 4.98. The van der Waals surface area contributed by atoms with Gasteiger partial charge < -0.3 is 19.6 Å². The van der Waals surface area contributed by atoms with Crippen molar-refractivity contribution >= 4 is 16.8 Å². The van der Waals surface area contributed by atoms with Gasteiger partial charge in [0.15, 0.2) is 11.1 Å². The molecule has 1 atom stereocenters. The van der Waals surface area contributed by atoms with E-state index in [2.05, 4.69) is 10.3 Å². The van der Waals surface area contributed by atoms with Crippen molar-refractivity contribution in [2.45, 2.75) is 6.92 Å². The van der Waals surface area contributed by atoms with Crippen molar-refractivity contribution in [3.63, 3.8) is 0 Å². The number of aromatic nitrogens is 1. The van der Waals surface area contributed by atoms with E-state index < -0.39 is 11.1 Å². The van der Waals surface area contributed by atoms with Crippen molar-refractivity contribution in [3.05, 3.63) is 66.4 Å². The monoisotopic (exact) mass is 342 g/mol.